The van der Waals surface area contributed by atoms with Gasteiger partial charge in [0, 0.05) is 49.5 Å². The Morgan fingerprint density at radius 2 is 1.44 bits per heavy atom. The predicted octanol–water partition coefficient (Wildman–Crippen LogP) is 12.3. The highest BCUT2D eigenvalue weighted by Gasteiger charge is 2.78. The van der Waals surface area contributed by atoms with Gasteiger partial charge in [-0.2, -0.15) is 0 Å². The van der Waals surface area contributed by atoms with Gasteiger partial charge < -0.3 is 34.5 Å². The Morgan fingerprint density at radius 3 is 1.93 bits per heavy atom. The highest BCUT2D eigenvalue weighted by molar-refractivity contribution is 6.03. The third kappa shape index (κ3) is 14.2. The van der Waals surface area contributed by atoms with Crippen molar-refractivity contribution in [2.24, 2.45) is 45.4 Å². The number of carbonyl (C=O) groups excluding carboxylic acids is 6. The van der Waals surface area contributed by atoms with E-state index in [1.54, 1.807) is 38.1 Å². The summed E-state index contributed by atoms with van der Waals surface area (Å²) in [5.41, 5.74) is -1.92. The van der Waals surface area contributed by atoms with E-state index in [1.165, 1.54) is 30.2 Å². The number of ether oxygens (including phenoxy) is 4. The Bertz CT molecular complexity index is 2680. The van der Waals surface area contributed by atoms with Crippen LogP contribution in [0.5, 0.6) is 5.75 Å². The number of allylic oxidation sites excluding steroid dienone is 4. The molecule has 2 aromatic carbocycles. The standard InChI is InChI=1S/C26H32F2O7.C24H38O4.C16H24N2O/c1-13-8-17-18-10-20(27)19-9-16(31)6-7-23(19,4)25(18,28)21(32)11-24(17,5)26(13,35-15(3)30)22(33)12-34-14(2)29;1-5-9-13-19(7-3)17-27-23(25)21-15-11-12-16-22(21)24(26)28-18-20(8-4)14-10-6-2;1-10-8-13(16(3,4)5)15(19)11(2)12(10)9-14-17-6-7-18-14/h6-7,9,13,17-18,20-21,32H,8,10-12H2,1-5H3;11-12,15-16,19-20H,5-10,13-14,17-18H2,1-4H3;8,19H,6-7,9H2,1-5H3,(H,17,18)/t13-,17-,18-,20-,21-,23-,24-,25-,26-;;/m0../s1. The lowest BCUT2D eigenvalue weighted by atomic mass is 9.44. The number of unbranched alkanes of at least 4 members (excludes halogenated alkanes) is 2. The fourth-order valence-corrected chi connectivity index (χ4v) is 13.7. The van der Waals surface area contributed by atoms with E-state index in [0.717, 1.165) is 108 Å². The minimum absolute atomic E-state index is 0.00892. The molecule has 1 aliphatic heterocycles. The van der Waals surface area contributed by atoms with Gasteiger partial charge in [-0.1, -0.05) is 125 Å². The third-order valence-electron chi connectivity index (χ3n) is 18.4. The van der Waals surface area contributed by atoms with Crippen molar-refractivity contribution >= 4 is 41.3 Å². The van der Waals surface area contributed by atoms with Gasteiger partial charge in [-0.3, -0.25) is 24.2 Å². The van der Waals surface area contributed by atoms with Crippen LogP contribution in [-0.4, -0.2) is 108 Å². The van der Waals surface area contributed by atoms with Gasteiger partial charge in [0.25, 0.3) is 0 Å². The molecule has 3 saturated carbocycles. The smallest absolute Gasteiger partial charge is 0.339 e. The van der Waals surface area contributed by atoms with E-state index in [4.69, 9.17) is 18.9 Å². The number of ketones is 2. The maximum atomic E-state index is 17.3. The SMILES string of the molecule is CC(=O)OCC(=O)[C@@]1(OC(C)=O)[C@@H](C)C[C@H]2[C@@H]3C[C@H](F)C4=CC(=O)C=C[C@]4(C)[C@@]3(F)[C@@H](O)C[C@@]21C.CCCCC(CC)COC(=O)c1ccccc1C(=O)OCC(CC)CCCC.Cc1cc(C(C)(C)C)c(O)c(C)c1CC1=NCCN1. The van der Waals surface area contributed by atoms with Crippen LogP contribution in [0.4, 0.5) is 8.78 Å². The number of rotatable bonds is 20. The number of aliphatic hydroxyl groups is 1. The number of hydrogen-bond acceptors (Lipinski definition) is 14. The van der Waals surface area contributed by atoms with E-state index in [0.29, 0.717) is 41.9 Å². The first-order valence-electron chi connectivity index (χ1n) is 29.9. The molecule has 82 heavy (non-hydrogen) atoms. The lowest BCUT2D eigenvalue weighted by molar-refractivity contribution is -0.231. The molecule has 11 atom stereocenters. The van der Waals surface area contributed by atoms with Gasteiger partial charge in [0.15, 0.2) is 23.7 Å². The van der Waals surface area contributed by atoms with Gasteiger partial charge in [-0.05, 0) is 128 Å². The number of aliphatic hydroxyl groups excluding tert-OH is 1. The average molecular weight is 1150 g/mol. The highest BCUT2D eigenvalue weighted by Crippen LogP contribution is 2.71. The van der Waals surface area contributed by atoms with Crippen LogP contribution in [0, 0.1) is 54.3 Å². The van der Waals surface area contributed by atoms with Crippen LogP contribution in [0.15, 0.2) is 59.1 Å². The molecule has 14 nitrogen and oxygen atoms in total. The molecule has 0 amide bonds. The molecule has 454 valence electrons. The van der Waals surface area contributed by atoms with Crippen LogP contribution in [-0.2, 0) is 50.0 Å². The number of esters is 4. The summed E-state index contributed by atoms with van der Waals surface area (Å²) < 4.78 is 54.5. The highest BCUT2D eigenvalue weighted by atomic mass is 19.1. The Labute approximate surface area is 486 Å². The third-order valence-corrected chi connectivity index (χ3v) is 18.4. The van der Waals surface area contributed by atoms with Gasteiger partial charge in [0.1, 0.15) is 17.8 Å². The molecule has 3 N–H and O–H groups in total. The quantitative estimate of drug-likeness (QED) is 0.0835. The summed E-state index contributed by atoms with van der Waals surface area (Å²) in [7, 11) is 0. The van der Waals surface area contributed by atoms with Crippen molar-refractivity contribution in [3.63, 3.8) is 0 Å². The first-order chi connectivity index (χ1) is 38.5. The number of carbonyl (C=O) groups is 6. The van der Waals surface area contributed by atoms with E-state index >= 15 is 8.78 Å². The summed E-state index contributed by atoms with van der Waals surface area (Å²) in [6.45, 7) is 28.2. The van der Waals surface area contributed by atoms with Crippen molar-refractivity contribution in [3.8, 4) is 5.75 Å². The topological polar surface area (TPSA) is 204 Å². The molecule has 5 aliphatic rings. The number of hydrogen-bond donors (Lipinski definition) is 3. The number of phenols is 1. The van der Waals surface area contributed by atoms with Gasteiger partial charge in [0.2, 0.25) is 5.78 Å². The van der Waals surface area contributed by atoms with Crippen LogP contribution in [0.3, 0.4) is 0 Å². The number of nitrogens with one attached hydrogen (secondary N) is 1. The number of amidine groups is 1. The number of nitrogens with zero attached hydrogens (tertiary/aromatic N) is 1. The number of aryl methyl sites for hydroxylation is 1. The first-order valence-corrected chi connectivity index (χ1v) is 29.9. The second-order valence-electron chi connectivity index (χ2n) is 25.0. The number of Topliss-reactive ketones (excluding diaryl/α,β-unsaturated/α-hetero) is 1. The molecule has 16 heteroatoms. The van der Waals surface area contributed by atoms with Gasteiger partial charge in [-0.15, -0.1) is 0 Å². The van der Waals surface area contributed by atoms with Crippen LogP contribution < -0.4 is 5.32 Å². The summed E-state index contributed by atoms with van der Waals surface area (Å²) in [6.07, 6.45) is 9.51. The number of aromatic hydroxyl groups is 1. The van der Waals surface area contributed by atoms with Crippen molar-refractivity contribution in [2.75, 3.05) is 32.9 Å². The van der Waals surface area contributed by atoms with Crippen LogP contribution in [0.2, 0.25) is 0 Å². The van der Waals surface area contributed by atoms with E-state index in [-0.39, 0.29) is 30.3 Å². The zero-order chi connectivity index (χ0) is 61.1. The average Bonchev–Trinajstić information content (AvgIpc) is 1.58. The second kappa shape index (κ2) is 28.2. The first kappa shape index (κ1) is 67.0. The molecule has 2 unspecified atom stereocenters. The molecule has 0 spiro atoms. The lowest BCUT2D eigenvalue weighted by Gasteiger charge is -2.63. The molecule has 4 aliphatic carbocycles. The van der Waals surface area contributed by atoms with Crippen LogP contribution in [0.25, 0.3) is 0 Å². The predicted molar refractivity (Wildman–Crippen MR) is 313 cm³/mol. The number of fused-ring (bicyclic) bond motifs is 5. The van der Waals surface area contributed by atoms with E-state index in [1.807, 2.05) is 6.92 Å². The van der Waals surface area contributed by atoms with E-state index < -0.39 is 94.2 Å². The van der Waals surface area contributed by atoms with Gasteiger partial charge in [-0.25, -0.2) is 18.4 Å². The number of benzene rings is 2. The number of aliphatic imine (C=N–C) groups is 1. The molecule has 0 radical (unpaired) electrons. The summed E-state index contributed by atoms with van der Waals surface area (Å²) >= 11 is 0. The largest absolute Gasteiger partial charge is 0.507 e. The summed E-state index contributed by atoms with van der Waals surface area (Å²) in [5.74, 6) is -3.45. The van der Waals surface area contributed by atoms with E-state index in [2.05, 4.69) is 71.8 Å². The zero-order valence-electron chi connectivity index (χ0n) is 51.4. The molecule has 0 aromatic heterocycles. The summed E-state index contributed by atoms with van der Waals surface area (Å²) in [6, 6.07) is 8.89. The maximum absolute atomic E-state index is 17.3. The molecule has 0 saturated heterocycles. The van der Waals surface area contributed by atoms with Crippen molar-refractivity contribution in [2.45, 2.75) is 203 Å². The fraction of sp³-hybridized carbons (Fsp3) is 0.652. The fourth-order valence-electron chi connectivity index (χ4n) is 13.7. The van der Waals surface area contributed by atoms with Gasteiger partial charge >= 0.3 is 23.9 Å². The van der Waals surface area contributed by atoms with Crippen LogP contribution in [0.1, 0.15) is 197 Å². The maximum Gasteiger partial charge on any atom is 0.339 e. The monoisotopic (exact) mass is 1140 g/mol. The lowest BCUT2D eigenvalue weighted by Crippen LogP contribution is -2.71. The molecular weight excluding hydrogens is 1050 g/mol. The second-order valence-corrected chi connectivity index (χ2v) is 25.0. The van der Waals surface area contributed by atoms with E-state index in [9.17, 15) is 39.0 Å². The molecule has 3 fully saturated rings. The van der Waals surface area contributed by atoms with Crippen molar-refractivity contribution < 1.29 is 66.7 Å². The molecular formula is C66H94F2N2O12. The molecule has 0 bridgehead atoms. The molecule has 7 rings (SSSR count). The Kier molecular flexibility index (Phi) is 23.1. The summed E-state index contributed by atoms with van der Waals surface area (Å²) in [4.78, 5) is 78.7. The Hall–Kier alpha value is -5.77. The Balaban J connectivity index is 0.000000236. The number of phenolic OH excluding ortho intramolecular Hbond substituents is 1. The van der Waals surface area contributed by atoms with Crippen molar-refractivity contribution in [1.82, 2.24) is 5.32 Å². The van der Waals surface area contributed by atoms with Crippen molar-refractivity contribution in [3.05, 3.63) is 87.5 Å². The van der Waals surface area contributed by atoms with Crippen LogP contribution >= 0.6 is 0 Å². The zero-order valence-corrected chi connectivity index (χ0v) is 51.4. The number of halogens is 2. The molecule has 2 aromatic rings. The normalized spacial score (nSPS) is 27.7. The number of alkyl halides is 2. The molecule has 1 heterocycles. The minimum Gasteiger partial charge on any atom is -0.507 e. The van der Waals surface area contributed by atoms with Crippen molar-refractivity contribution in [1.29, 1.82) is 0 Å². The minimum atomic E-state index is -2.31. The van der Waals surface area contributed by atoms with Gasteiger partial charge in [0.05, 0.1) is 37.0 Å². The summed E-state index contributed by atoms with van der Waals surface area (Å²) in [5, 5.41) is 25.1. The Morgan fingerprint density at radius 1 is 0.866 bits per heavy atom.